The fourth-order valence-electron chi connectivity index (χ4n) is 4.39. The molecule has 42 heavy (non-hydrogen) atoms. The van der Waals surface area contributed by atoms with E-state index < -0.39 is 11.4 Å². The van der Waals surface area contributed by atoms with Crippen molar-refractivity contribution in [2.45, 2.75) is 5.37 Å². The first-order chi connectivity index (χ1) is 20.3. The van der Waals surface area contributed by atoms with Gasteiger partial charge >= 0.3 is 6.03 Å². The van der Waals surface area contributed by atoms with E-state index in [4.69, 9.17) is 31.5 Å². The van der Waals surface area contributed by atoms with Crippen molar-refractivity contribution in [2.24, 2.45) is 0 Å². The fourth-order valence-corrected chi connectivity index (χ4v) is 5.62. The molecule has 1 unspecified atom stereocenters. The Morgan fingerprint density at radius 3 is 2.24 bits per heavy atom. The molecule has 13 heteroatoms. The molecule has 216 valence electrons. The number of hydrogen-bond donors (Lipinski definition) is 3. The van der Waals surface area contributed by atoms with Crippen LogP contribution in [0.1, 0.15) is 10.9 Å². The van der Waals surface area contributed by atoms with Gasteiger partial charge in [0.1, 0.15) is 5.37 Å². The fraction of sp³-hybridized carbons (Fsp3) is 0.172. The van der Waals surface area contributed by atoms with Gasteiger partial charge in [0.2, 0.25) is 11.7 Å². The van der Waals surface area contributed by atoms with Crippen LogP contribution < -0.4 is 30.7 Å². The van der Waals surface area contributed by atoms with Crippen LogP contribution in [-0.2, 0) is 4.79 Å². The van der Waals surface area contributed by atoms with E-state index in [1.165, 1.54) is 38.1 Å². The zero-order valence-electron chi connectivity index (χ0n) is 22.9. The maximum Gasteiger partial charge on any atom is 0.340 e. The predicted octanol–water partition coefficient (Wildman–Crippen LogP) is 5.38. The normalized spacial score (nSPS) is 14.4. The number of nitrogens with one attached hydrogen (secondary N) is 2. The lowest BCUT2D eigenvalue weighted by atomic mass is 10.1. The van der Waals surface area contributed by atoms with Gasteiger partial charge in [-0.05, 0) is 48.0 Å². The van der Waals surface area contributed by atoms with E-state index in [1.807, 2.05) is 18.2 Å². The third kappa shape index (κ3) is 6.14. The van der Waals surface area contributed by atoms with Gasteiger partial charge < -0.3 is 19.9 Å². The van der Waals surface area contributed by atoms with Gasteiger partial charge in [0.15, 0.2) is 11.5 Å². The Hall–Kier alpha value is -4.68. The Bertz CT molecular complexity index is 1610. The molecular formula is C29H27ClN6O5S. The summed E-state index contributed by atoms with van der Waals surface area (Å²) in [5, 5.41) is 4.07. The highest BCUT2D eigenvalue weighted by atomic mass is 35.5. The lowest BCUT2D eigenvalue weighted by Gasteiger charge is -2.24. The van der Waals surface area contributed by atoms with Crippen molar-refractivity contribution in [3.63, 3.8) is 0 Å². The maximum absolute atomic E-state index is 13.2. The van der Waals surface area contributed by atoms with E-state index >= 15 is 0 Å². The zero-order valence-corrected chi connectivity index (χ0v) is 24.5. The van der Waals surface area contributed by atoms with E-state index in [0.29, 0.717) is 44.9 Å². The standard InChI is InChI=1S/C29H27ClN6O5S/c1-39-23-12-18(13-24(40-2)26(23)41-3)22-14-21(16-7-9-19(30)10-8-16)32-28(33-22)34-29(38)35-36-25(37)15-42-27(36)17-5-4-6-20(31)11-17/h4-14,27H,15,31H2,1-3H3,(H2,32,33,34,35,38). The van der Waals surface area contributed by atoms with E-state index in [9.17, 15) is 9.59 Å². The summed E-state index contributed by atoms with van der Waals surface area (Å²) in [7, 11) is 4.56. The lowest BCUT2D eigenvalue weighted by Crippen LogP contribution is -2.46. The van der Waals surface area contributed by atoms with Gasteiger partial charge in [-0.2, -0.15) is 0 Å². The molecule has 1 saturated heterocycles. The molecule has 1 aliphatic rings. The van der Waals surface area contributed by atoms with Crippen LogP contribution in [0.3, 0.4) is 0 Å². The average Bonchev–Trinajstić information content (AvgIpc) is 3.35. The molecule has 1 atom stereocenters. The molecule has 1 aromatic heterocycles. The van der Waals surface area contributed by atoms with Crippen LogP contribution in [0.5, 0.6) is 17.2 Å². The molecule has 2 heterocycles. The van der Waals surface area contributed by atoms with Crippen molar-refractivity contribution in [1.29, 1.82) is 0 Å². The summed E-state index contributed by atoms with van der Waals surface area (Å²) in [6.45, 7) is 0. The highest BCUT2D eigenvalue weighted by Gasteiger charge is 2.34. The van der Waals surface area contributed by atoms with Gasteiger partial charge in [0.25, 0.3) is 5.91 Å². The molecule has 0 spiro atoms. The second-order valence-electron chi connectivity index (χ2n) is 9.05. The van der Waals surface area contributed by atoms with E-state index in [1.54, 1.807) is 48.5 Å². The first-order valence-electron chi connectivity index (χ1n) is 12.6. The van der Waals surface area contributed by atoms with Gasteiger partial charge in [0, 0.05) is 21.8 Å². The number of amides is 3. The summed E-state index contributed by atoms with van der Waals surface area (Å²) < 4.78 is 16.5. The molecule has 0 aliphatic carbocycles. The number of carbonyl (C=O) groups excluding carboxylic acids is 2. The number of anilines is 2. The minimum atomic E-state index is -0.691. The number of urea groups is 1. The van der Waals surface area contributed by atoms with Gasteiger partial charge in [-0.25, -0.2) is 25.2 Å². The molecule has 1 aliphatic heterocycles. The Balaban J connectivity index is 1.49. The van der Waals surface area contributed by atoms with Crippen LogP contribution in [0, 0.1) is 0 Å². The minimum Gasteiger partial charge on any atom is -0.493 e. The summed E-state index contributed by atoms with van der Waals surface area (Å²) in [5.41, 5.74) is 12.3. The molecule has 4 aromatic rings. The number of nitrogens with two attached hydrogens (primary N) is 1. The van der Waals surface area contributed by atoms with Crippen molar-refractivity contribution in [3.8, 4) is 39.8 Å². The third-order valence-corrected chi connectivity index (χ3v) is 7.80. The number of rotatable bonds is 8. The van der Waals surface area contributed by atoms with E-state index in [0.717, 1.165) is 11.1 Å². The number of carbonyl (C=O) groups is 2. The number of methoxy groups -OCH3 is 3. The Kier molecular flexibility index (Phi) is 8.55. The van der Waals surface area contributed by atoms with Crippen molar-refractivity contribution in [2.75, 3.05) is 38.1 Å². The highest BCUT2D eigenvalue weighted by molar-refractivity contribution is 8.00. The third-order valence-electron chi connectivity index (χ3n) is 6.34. The van der Waals surface area contributed by atoms with E-state index in [-0.39, 0.29) is 17.6 Å². The molecule has 0 bridgehead atoms. The highest BCUT2D eigenvalue weighted by Crippen LogP contribution is 2.41. The predicted molar refractivity (Wildman–Crippen MR) is 163 cm³/mol. The monoisotopic (exact) mass is 606 g/mol. The average molecular weight is 607 g/mol. The summed E-state index contributed by atoms with van der Waals surface area (Å²) in [6.07, 6.45) is 0. The van der Waals surface area contributed by atoms with Crippen LogP contribution in [0.25, 0.3) is 22.5 Å². The second-order valence-corrected chi connectivity index (χ2v) is 10.6. The first-order valence-corrected chi connectivity index (χ1v) is 14.0. The van der Waals surface area contributed by atoms with Crippen LogP contribution in [0.2, 0.25) is 5.02 Å². The number of hydrazine groups is 1. The number of benzene rings is 3. The number of ether oxygens (including phenoxy) is 3. The number of halogens is 1. The first kappa shape index (κ1) is 28.8. The SMILES string of the molecule is COc1cc(-c2cc(-c3ccc(Cl)cc3)nc(NC(=O)NN3C(=O)CSC3c3cccc(N)c3)n2)cc(OC)c1OC. The molecular weight excluding hydrogens is 580 g/mol. The Morgan fingerprint density at radius 1 is 0.952 bits per heavy atom. The van der Waals surface area contributed by atoms with Crippen LogP contribution in [0.15, 0.2) is 66.7 Å². The van der Waals surface area contributed by atoms with Gasteiger partial charge in [0.05, 0.1) is 38.5 Å². The molecule has 3 aromatic carbocycles. The van der Waals surface area contributed by atoms with Crippen LogP contribution in [-0.4, -0.2) is 54.0 Å². The smallest absolute Gasteiger partial charge is 0.340 e. The number of hydrogen-bond acceptors (Lipinski definition) is 9. The summed E-state index contributed by atoms with van der Waals surface area (Å²) in [6, 6.07) is 18.8. The van der Waals surface area contributed by atoms with Crippen molar-refractivity contribution in [1.82, 2.24) is 20.4 Å². The lowest BCUT2D eigenvalue weighted by molar-refractivity contribution is -0.130. The number of thioether (sulfide) groups is 1. The van der Waals surface area contributed by atoms with Crippen molar-refractivity contribution >= 4 is 46.9 Å². The topological polar surface area (TPSA) is 141 Å². The quantitative estimate of drug-likeness (QED) is 0.225. The number of nitrogen functional groups attached to an aromatic ring is 1. The Labute approximate surface area is 251 Å². The van der Waals surface area contributed by atoms with Crippen LogP contribution >= 0.6 is 23.4 Å². The van der Waals surface area contributed by atoms with Gasteiger partial charge in [-0.3, -0.25) is 10.1 Å². The second kappa shape index (κ2) is 12.5. The molecule has 5 rings (SSSR count). The minimum absolute atomic E-state index is 0.00325. The molecule has 3 amide bonds. The van der Waals surface area contributed by atoms with Gasteiger partial charge in [-0.1, -0.05) is 35.9 Å². The number of aromatic nitrogens is 2. The van der Waals surface area contributed by atoms with Gasteiger partial charge in [-0.15, -0.1) is 11.8 Å². The van der Waals surface area contributed by atoms with Crippen LogP contribution in [0.4, 0.5) is 16.4 Å². The molecule has 11 nitrogen and oxygen atoms in total. The number of nitrogens with zero attached hydrogens (tertiary/aromatic N) is 3. The Morgan fingerprint density at radius 2 is 1.62 bits per heavy atom. The summed E-state index contributed by atoms with van der Waals surface area (Å²) in [4.78, 5) is 35.0. The van der Waals surface area contributed by atoms with E-state index in [2.05, 4.69) is 20.7 Å². The summed E-state index contributed by atoms with van der Waals surface area (Å²) in [5.74, 6) is 1.25. The molecule has 4 N–H and O–H groups in total. The molecule has 0 saturated carbocycles. The van der Waals surface area contributed by atoms with Crippen molar-refractivity contribution in [3.05, 3.63) is 77.3 Å². The molecule has 1 fully saturated rings. The largest absolute Gasteiger partial charge is 0.493 e. The maximum atomic E-state index is 13.2. The molecule has 0 radical (unpaired) electrons. The zero-order chi connectivity index (χ0) is 29.8. The van der Waals surface area contributed by atoms with Crippen molar-refractivity contribution < 1.29 is 23.8 Å². The summed E-state index contributed by atoms with van der Waals surface area (Å²) >= 11 is 7.48.